The highest BCUT2D eigenvalue weighted by Crippen LogP contribution is 2.20. The molecule has 1 N–H and O–H groups in total. The summed E-state index contributed by atoms with van der Waals surface area (Å²) in [5.41, 5.74) is 1.90. The minimum atomic E-state index is -0.562. The molecule has 112 valence electrons. The first-order chi connectivity index (χ1) is 10.0. The van der Waals surface area contributed by atoms with Crippen molar-refractivity contribution in [3.63, 3.8) is 0 Å². The Morgan fingerprint density at radius 1 is 1.24 bits per heavy atom. The highest BCUT2D eigenvalue weighted by Gasteiger charge is 2.10. The summed E-state index contributed by atoms with van der Waals surface area (Å²) in [6.45, 7) is 2.43. The van der Waals surface area contributed by atoms with Gasteiger partial charge in [0.15, 0.2) is 0 Å². The van der Waals surface area contributed by atoms with Gasteiger partial charge < -0.3 is 9.84 Å². The molecular formula is C17H18BrFO2. The van der Waals surface area contributed by atoms with Gasteiger partial charge in [-0.15, -0.1) is 0 Å². The lowest BCUT2D eigenvalue weighted by Gasteiger charge is -2.13. The minimum absolute atomic E-state index is 0.295. The van der Waals surface area contributed by atoms with Crippen LogP contribution in [-0.2, 0) is 6.42 Å². The fourth-order valence-corrected chi connectivity index (χ4v) is 2.48. The molecule has 0 saturated heterocycles. The Morgan fingerprint density at radius 2 is 2.05 bits per heavy atom. The highest BCUT2D eigenvalue weighted by molar-refractivity contribution is 9.10. The molecule has 0 radical (unpaired) electrons. The molecule has 2 nitrogen and oxygen atoms in total. The molecule has 4 heteroatoms. The van der Waals surface area contributed by atoms with E-state index in [1.54, 1.807) is 6.07 Å². The zero-order valence-corrected chi connectivity index (χ0v) is 13.4. The summed E-state index contributed by atoms with van der Waals surface area (Å²) in [6, 6.07) is 12.3. The number of hydrogen-bond donors (Lipinski definition) is 1. The van der Waals surface area contributed by atoms with Crippen LogP contribution < -0.4 is 4.74 Å². The van der Waals surface area contributed by atoms with Crippen molar-refractivity contribution in [1.82, 2.24) is 0 Å². The minimum Gasteiger partial charge on any atom is -0.493 e. The van der Waals surface area contributed by atoms with Gasteiger partial charge in [-0.05, 0) is 54.8 Å². The Hall–Kier alpha value is -1.39. The van der Waals surface area contributed by atoms with Gasteiger partial charge in [0.1, 0.15) is 11.6 Å². The Kier molecular flexibility index (Phi) is 5.76. The molecule has 0 aliphatic carbocycles. The summed E-state index contributed by atoms with van der Waals surface area (Å²) in [7, 11) is 0. The molecule has 0 aromatic heterocycles. The predicted molar refractivity (Wildman–Crippen MR) is 85.1 cm³/mol. The van der Waals surface area contributed by atoms with E-state index in [-0.39, 0.29) is 5.82 Å². The van der Waals surface area contributed by atoms with Gasteiger partial charge in [0.05, 0.1) is 12.7 Å². The highest BCUT2D eigenvalue weighted by atomic mass is 79.9. The van der Waals surface area contributed by atoms with E-state index in [1.807, 2.05) is 31.2 Å². The maximum absolute atomic E-state index is 13.2. The number of rotatable bonds is 6. The van der Waals surface area contributed by atoms with Crippen LogP contribution in [0.5, 0.6) is 5.75 Å². The van der Waals surface area contributed by atoms with Crippen molar-refractivity contribution in [3.05, 3.63) is 63.9 Å². The topological polar surface area (TPSA) is 29.5 Å². The van der Waals surface area contributed by atoms with Crippen LogP contribution in [0.1, 0.15) is 17.5 Å². The van der Waals surface area contributed by atoms with E-state index >= 15 is 0 Å². The lowest BCUT2D eigenvalue weighted by atomic mass is 10.1. The molecule has 1 unspecified atom stereocenters. The van der Waals surface area contributed by atoms with E-state index in [9.17, 15) is 9.50 Å². The average molecular weight is 353 g/mol. The fraction of sp³-hybridized carbons (Fsp3) is 0.294. The third-order valence-corrected chi connectivity index (χ3v) is 3.95. The Morgan fingerprint density at radius 3 is 2.81 bits per heavy atom. The van der Waals surface area contributed by atoms with Crippen LogP contribution in [0.25, 0.3) is 0 Å². The smallest absolute Gasteiger partial charge is 0.123 e. The molecule has 2 aromatic carbocycles. The summed E-state index contributed by atoms with van der Waals surface area (Å²) < 4.78 is 19.6. The number of aliphatic hydroxyl groups excluding tert-OH is 1. The third kappa shape index (κ3) is 5.14. The maximum Gasteiger partial charge on any atom is 0.123 e. The Labute approximate surface area is 132 Å². The van der Waals surface area contributed by atoms with Crippen molar-refractivity contribution in [1.29, 1.82) is 0 Å². The van der Waals surface area contributed by atoms with Crippen LogP contribution >= 0.6 is 15.9 Å². The number of hydrogen-bond acceptors (Lipinski definition) is 2. The fourth-order valence-electron chi connectivity index (χ4n) is 2.07. The first-order valence-electron chi connectivity index (χ1n) is 6.86. The van der Waals surface area contributed by atoms with Crippen molar-refractivity contribution in [2.75, 3.05) is 6.61 Å². The van der Waals surface area contributed by atoms with E-state index in [1.165, 1.54) is 12.1 Å². The summed E-state index contributed by atoms with van der Waals surface area (Å²) in [5.74, 6) is 0.505. The second-order valence-corrected chi connectivity index (χ2v) is 5.90. The van der Waals surface area contributed by atoms with Crippen molar-refractivity contribution >= 4 is 15.9 Å². The molecule has 0 heterocycles. The third-order valence-electron chi connectivity index (χ3n) is 3.17. The van der Waals surface area contributed by atoms with E-state index in [0.717, 1.165) is 21.3 Å². The zero-order chi connectivity index (χ0) is 15.2. The standard InChI is InChI=1S/C17H18BrFO2/c1-12-3-2-4-16(9-12)21-8-7-15(20)11-13-10-14(19)5-6-17(13)18/h2-6,9-10,15,20H,7-8,11H2,1H3. The molecule has 1 atom stereocenters. The first-order valence-corrected chi connectivity index (χ1v) is 7.65. The largest absolute Gasteiger partial charge is 0.493 e. The number of aliphatic hydroxyl groups is 1. The quantitative estimate of drug-likeness (QED) is 0.841. The van der Waals surface area contributed by atoms with Crippen molar-refractivity contribution in [2.45, 2.75) is 25.9 Å². The SMILES string of the molecule is Cc1cccc(OCCC(O)Cc2cc(F)ccc2Br)c1. The molecule has 0 aliphatic rings. The second kappa shape index (κ2) is 7.57. The maximum atomic E-state index is 13.2. The van der Waals surface area contributed by atoms with E-state index in [0.29, 0.717) is 19.4 Å². The first kappa shape index (κ1) is 16.0. The number of halogens is 2. The molecule has 0 saturated carbocycles. The van der Waals surface area contributed by atoms with Crippen molar-refractivity contribution < 1.29 is 14.2 Å². The van der Waals surface area contributed by atoms with Gasteiger partial charge in [0.25, 0.3) is 0 Å². The molecule has 0 aliphatic heterocycles. The Bertz CT molecular complexity index is 601. The van der Waals surface area contributed by atoms with Gasteiger partial charge in [-0.2, -0.15) is 0 Å². The molecule has 21 heavy (non-hydrogen) atoms. The van der Waals surface area contributed by atoms with Gasteiger partial charge >= 0.3 is 0 Å². The summed E-state index contributed by atoms with van der Waals surface area (Å²) in [4.78, 5) is 0. The molecule has 2 rings (SSSR count). The van der Waals surface area contributed by atoms with Crippen molar-refractivity contribution in [2.24, 2.45) is 0 Å². The Balaban J connectivity index is 1.82. The van der Waals surface area contributed by atoms with E-state index < -0.39 is 6.10 Å². The van der Waals surface area contributed by atoms with Crippen LogP contribution in [0.4, 0.5) is 4.39 Å². The molecule has 0 bridgehead atoms. The zero-order valence-electron chi connectivity index (χ0n) is 11.9. The van der Waals surface area contributed by atoms with Gasteiger partial charge in [-0.25, -0.2) is 4.39 Å². The van der Waals surface area contributed by atoms with Crippen molar-refractivity contribution in [3.8, 4) is 5.75 Å². The van der Waals surface area contributed by atoms with E-state index in [2.05, 4.69) is 15.9 Å². The summed E-state index contributed by atoms with van der Waals surface area (Å²) in [6.07, 6.45) is 0.333. The normalized spacial score (nSPS) is 12.2. The summed E-state index contributed by atoms with van der Waals surface area (Å²) in [5, 5.41) is 10.0. The molecule has 2 aromatic rings. The molecule has 0 spiro atoms. The van der Waals surface area contributed by atoms with Crippen LogP contribution in [0, 0.1) is 12.7 Å². The van der Waals surface area contributed by atoms with Crippen LogP contribution in [0.2, 0.25) is 0 Å². The van der Waals surface area contributed by atoms with Gasteiger partial charge in [-0.1, -0.05) is 28.1 Å². The number of aryl methyl sites for hydroxylation is 1. The lowest BCUT2D eigenvalue weighted by molar-refractivity contribution is 0.139. The van der Waals surface area contributed by atoms with Gasteiger partial charge in [-0.3, -0.25) is 0 Å². The summed E-state index contributed by atoms with van der Waals surface area (Å²) >= 11 is 3.36. The second-order valence-electron chi connectivity index (χ2n) is 5.05. The predicted octanol–water partition coefficient (Wildman–Crippen LogP) is 4.27. The van der Waals surface area contributed by atoms with Gasteiger partial charge in [0.2, 0.25) is 0 Å². The lowest BCUT2D eigenvalue weighted by Crippen LogP contribution is -2.15. The van der Waals surface area contributed by atoms with Crippen LogP contribution in [0.3, 0.4) is 0 Å². The molecule has 0 amide bonds. The van der Waals surface area contributed by atoms with E-state index in [4.69, 9.17) is 4.74 Å². The number of benzene rings is 2. The van der Waals surface area contributed by atoms with Crippen LogP contribution in [0.15, 0.2) is 46.9 Å². The van der Waals surface area contributed by atoms with Crippen LogP contribution in [-0.4, -0.2) is 17.8 Å². The average Bonchev–Trinajstić information content (AvgIpc) is 2.43. The molecule has 0 fully saturated rings. The van der Waals surface area contributed by atoms with Gasteiger partial charge in [0, 0.05) is 10.9 Å². The molecular weight excluding hydrogens is 335 g/mol. The number of ether oxygens (including phenoxy) is 1. The monoisotopic (exact) mass is 352 g/mol.